The molecule has 6 nitrogen and oxygen atoms in total. The Morgan fingerprint density at radius 3 is 2.67 bits per heavy atom. The monoisotopic (exact) mass is 357 g/mol. The van der Waals surface area contributed by atoms with E-state index in [4.69, 9.17) is 5.26 Å². The molecule has 2 aromatic carbocycles. The van der Waals surface area contributed by atoms with E-state index in [2.05, 4.69) is 26.7 Å². The van der Waals surface area contributed by atoms with Crippen LogP contribution in [-0.4, -0.2) is 15.9 Å². The van der Waals surface area contributed by atoms with E-state index in [1.165, 1.54) is 0 Å². The van der Waals surface area contributed by atoms with Crippen LogP contribution in [0.4, 0.5) is 11.6 Å². The maximum absolute atomic E-state index is 12.5. The number of anilines is 2. The molecule has 0 fully saturated rings. The molecule has 0 atom stereocenters. The van der Waals surface area contributed by atoms with Crippen LogP contribution in [0.1, 0.15) is 32.9 Å². The van der Waals surface area contributed by atoms with E-state index in [9.17, 15) is 4.79 Å². The maximum atomic E-state index is 12.5. The van der Waals surface area contributed by atoms with Gasteiger partial charge in [0.05, 0.1) is 11.6 Å². The fourth-order valence-corrected chi connectivity index (χ4v) is 2.61. The Morgan fingerprint density at radius 1 is 1.07 bits per heavy atom. The van der Waals surface area contributed by atoms with Gasteiger partial charge in [0.1, 0.15) is 5.69 Å². The van der Waals surface area contributed by atoms with Crippen LogP contribution in [0, 0.1) is 25.2 Å². The number of hydrogen-bond donors (Lipinski definition) is 2. The molecule has 1 aromatic heterocycles. The summed E-state index contributed by atoms with van der Waals surface area (Å²) in [5.41, 5.74) is 4.36. The topological polar surface area (TPSA) is 90.7 Å². The molecule has 0 unspecified atom stereocenters. The van der Waals surface area contributed by atoms with Crippen molar-refractivity contribution in [3.8, 4) is 6.07 Å². The number of aromatic nitrogens is 2. The third-order valence-electron chi connectivity index (χ3n) is 4.04. The first-order valence-electron chi connectivity index (χ1n) is 8.51. The van der Waals surface area contributed by atoms with Gasteiger partial charge in [-0.1, -0.05) is 30.3 Å². The first kappa shape index (κ1) is 18.1. The summed E-state index contributed by atoms with van der Waals surface area (Å²) >= 11 is 0. The summed E-state index contributed by atoms with van der Waals surface area (Å²) in [5, 5.41) is 14.9. The molecule has 1 heterocycles. The van der Waals surface area contributed by atoms with Gasteiger partial charge in [-0.25, -0.2) is 9.97 Å². The zero-order valence-electron chi connectivity index (χ0n) is 15.2. The van der Waals surface area contributed by atoms with Crippen molar-refractivity contribution in [3.05, 3.63) is 82.7 Å². The van der Waals surface area contributed by atoms with Crippen LogP contribution in [0.3, 0.4) is 0 Å². The van der Waals surface area contributed by atoms with Gasteiger partial charge in [0.15, 0.2) is 0 Å². The highest BCUT2D eigenvalue weighted by molar-refractivity contribution is 5.92. The summed E-state index contributed by atoms with van der Waals surface area (Å²) in [6, 6.07) is 18.6. The molecule has 0 bridgehead atoms. The van der Waals surface area contributed by atoms with Gasteiger partial charge in [-0.3, -0.25) is 4.79 Å². The molecule has 3 rings (SSSR count). The van der Waals surface area contributed by atoms with Gasteiger partial charge in [-0.15, -0.1) is 0 Å². The van der Waals surface area contributed by atoms with Gasteiger partial charge in [0, 0.05) is 17.9 Å². The normalized spacial score (nSPS) is 10.1. The molecule has 0 aliphatic heterocycles. The summed E-state index contributed by atoms with van der Waals surface area (Å²) in [6.45, 7) is 4.24. The van der Waals surface area contributed by atoms with E-state index in [-0.39, 0.29) is 11.6 Å². The summed E-state index contributed by atoms with van der Waals surface area (Å²) in [6.07, 6.45) is 0. The Hall–Kier alpha value is -3.72. The number of carbonyl (C=O) groups is 1. The van der Waals surface area contributed by atoms with Crippen molar-refractivity contribution in [2.75, 3.05) is 5.32 Å². The van der Waals surface area contributed by atoms with E-state index in [1.807, 2.05) is 37.3 Å². The van der Waals surface area contributed by atoms with E-state index in [0.717, 1.165) is 11.1 Å². The second-order valence-electron chi connectivity index (χ2n) is 6.14. The van der Waals surface area contributed by atoms with E-state index in [0.29, 0.717) is 29.4 Å². The number of aryl methyl sites for hydroxylation is 2. The molecule has 0 aliphatic rings. The number of rotatable bonds is 5. The van der Waals surface area contributed by atoms with E-state index in [1.54, 1.807) is 31.2 Å². The Kier molecular flexibility index (Phi) is 5.43. The zero-order valence-corrected chi connectivity index (χ0v) is 15.2. The minimum absolute atomic E-state index is 0.266. The van der Waals surface area contributed by atoms with Crippen molar-refractivity contribution in [1.29, 1.82) is 5.26 Å². The molecule has 0 saturated carbocycles. The Balaban J connectivity index is 1.75. The second-order valence-corrected chi connectivity index (χ2v) is 6.14. The minimum Gasteiger partial charge on any atom is -0.347 e. The summed E-state index contributed by atoms with van der Waals surface area (Å²) in [4.78, 5) is 21.1. The number of hydrogen-bond acceptors (Lipinski definition) is 5. The highest BCUT2D eigenvalue weighted by Crippen LogP contribution is 2.15. The van der Waals surface area contributed by atoms with Crippen molar-refractivity contribution in [1.82, 2.24) is 15.3 Å². The highest BCUT2D eigenvalue weighted by atomic mass is 16.1. The Labute approximate surface area is 157 Å². The summed E-state index contributed by atoms with van der Waals surface area (Å²) in [5.74, 6) is 0.0451. The van der Waals surface area contributed by atoms with Gasteiger partial charge in [0.25, 0.3) is 5.91 Å². The number of benzene rings is 2. The van der Waals surface area contributed by atoms with Crippen LogP contribution in [0.25, 0.3) is 0 Å². The molecule has 1 amide bonds. The SMILES string of the molecule is Cc1cc(C(=O)NCc2ccccc2C)nc(Nc2cccc(C#N)c2)n1. The number of amides is 1. The van der Waals surface area contributed by atoms with Crippen molar-refractivity contribution in [2.24, 2.45) is 0 Å². The lowest BCUT2D eigenvalue weighted by Crippen LogP contribution is -2.24. The summed E-state index contributed by atoms with van der Waals surface area (Å²) in [7, 11) is 0. The predicted molar refractivity (Wildman–Crippen MR) is 104 cm³/mol. The maximum Gasteiger partial charge on any atom is 0.270 e. The molecule has 6 heteroatoms. The molecule has 0 saturated heterocycles. The Bertz CT molecular complexity index is 1020. The average molecular weight is 357 g/mol. The predicted octanol–water partition coefficient (Wildman–Crippen LogP) is 3.64. The van der Waals surface area contributed by atoms with Crippen LogP contribution in [0.2, 0.25) is 0 Å². The Morgan fingerprint density at radius 2 is 1.89 bits per heavy atom. The third kappa shape index (κ3) is 4.67. The van der Waals surface area contributed by atoms with Crippen molar-refractivity contribution in [2.45, 2.75) is 20.4 Å². The van der Waals surface area contributed by atoms with Gasteiger partial charge >= 0.3 is 0 Å². The van der Waals surface area contributed by atoms with Crippen LogP contribution in [-0.2, 0) is 6.54 Å². The van der Waals surface area contributed by atoms with Crippen molar-refractivity contribution < 1.29 is 4.79 Å². The van der Waals surface area contributed by atoms with Gasteiger partial charge in [-0.2, -0.15) is 5.26 Å². The van der Waals surface area contributed by atoms with Crippen molar-refractivity contribution >= 4 is 17.5 Å². The number of carbonyl (C=O) groups excluding carboxylic acids is 1. The van der Waals surface area contributed by atoms with Crippen LogP contribution in [0.5, 0.6) is 0 Å². The average Bonchev–Trinajstić information content (AvgIpc) is 2.67. The van der Waals surface area contributed by atoms with E-state index >= 15 is 0 Å². The standard InChI is InChI=1S/C21H19N5O/c1-14-6-3-4-8-17(14)13-23-20(27)19-10-15(2)24-21(26-19)25-18-9-5-7-16(11-18)12-22/h3-11H,13H2,1-2H3,(H,23,27)(H,24,25,26). The molecule has 134 valence electrons. The van der Waals surface area contributed by atoms with Crippen LogP contribution < -0.4 is 10.6 Å². The molecular formula is C21H19N5O. The fraction of sp³-hybridized carbons (Fsp3) is 0.143. The first-order valence-corrected chi connectivity index (χ1v) is 8.51. The third-order valence-corrected chi connectivity index (χ3v) is 4.04. The molecule has 3 aromatic rings. The molecule has 0 spiro atoms. The quantitative estimate of drug-likeness (QED) is 0.727. The number of nitrogens with one attached hydrogen (secondary N) is 2. The first-order chi connectivity index (χ1) is 13.0. The van der Waals surface area contributed by atoms with Gasteiger partial charge in [-0.05, 0) is 49.2 Å². The highest BCUT2D eigenvalue weighted by Gasteiger charge is 2.11. The van der Waals surface area contributed by atoms with Crippen LogP contribution >= 0.6 is 0 Å². The van der Waals surface area contributed by atoms with E-state index < -0.39 is 0 Å². The van der Waals surface area contributed by atoms with Crippen LogP contribution in [0.15, 0.2) is 54.6 Å². The van der Waals surface area contributed by atoms with Gasteiger partial charge < -0.3 is 10.6 Å². The van der Waals surface area contributed by atoms with Gasteiger partial charge in [0.2, 0.25) is 5.95 Å². The molecule has 2 N–H and O–H groups in total. The second kappa shape index (κ2) is 8.11. The lowest BCUT2D eigenvalue weighted by Gasteiger charge is -2.10. The number of nitrogens with zero attached hydrogens (tertiary/aromatic N) is 3. The zero-order chi connectivity index (χ0) is 19.2. The molecule has 27 heavy (non-hydrogen) atoms. The molecule has 0 aliphatic carbocycles. The fourth-order valence-electron chi connectivity index (χ4n) is 2.61. The lowest BCUT2D eigenvalue weighted by molar-refractivity contribution is 0.0945. The smallest absolute Gasteiger partial charge is 0.270 e. The molecule has 0 radical (unpaired) electrons. The largest absolute Gasteiger partial charge is 0.347 e. The summed E-state index contributed by atoms with van der Waals surface area (Å²) < 4.78 is 0. The van der Waals surface area contributed by atoms with Crippen molar-refractivity contribution in [3.63, 3.8) is 0 Å². The lowest BCUT2D eigenvalue weighted by atomic mass is 10.1. The molecular weight excluding hydrogens is 338 g/mol. The minimum atomic E-state index is -0.266. The number of nitriles is 1.